The monoisotopic (exact) mass is 1990 g/mol. The first-order valence-electron chi connectivity index (χ1n) is 46.6. The van der Waals surface area contributed by atoms with E-state index < -0.39 is 184 Å². The number of hydrogen-bond donors (Lipinski definition) is 10. The molecule has 0 saturated carbocycles. The highest BCUT2D eigenvalue weighted by molar-refractivity contribution is 6.34. The predicted octanol–water partition coefficient (Wildman–Crippen LogP) is 10.2. The van der Waals surface area contributed by atoms with Crippen molar-refractivity contribution in [1.29, 1.82) is 0 Å². The number of esters is 3. The van der Waals surface area contributed by atoms with Crippen LogP contribution in [0.25, 0.3) is 0 Å². The molecule has 5 aromatic rings. The van der Waals surface area contributed by atoms with E-state index in [0.717, 1.165) is 16.7 Å². The molecular weight excluding hydrogens is 1850 g/mol. The molecule has 38 nitrogen and oxygen atoms in total. The lowest BCUT2D eigenvalue weighted by Crippen LogP contribution is -2.59. The lowest BCUT2D eigenvalue weighted by atomic mass is 9.85. The van der Waals surface area contributed by atoms with E-state index in [-0.39, 0.29) is 78.2 Å². The smallest absolute Gasteiger partial charge is 0.408 e. The molecule has 140 heavy (non-hydrogen) atoms. The van der Waals surface area contributed by atoms with Crippen molar-refractivity contribution >= 4 is 130 Å². The van der Waals surface area contributed by atoms with Crippen LogP contribution in [-0.2, 0) is 111 Å². The summed E-state index contributed by atoms with van der Waals surface area (Å²) in [5.74, 6) is -6.60. The van der Waals surface area contributed by atoms with Gasteiger partial charge in [0.25, 0.3) is 24.1 Å². The summed E-state index contributed by atoms with van der Waals surface area (Å²) < 4.78 is 38.1. The standard InChI is InChI=1S/C29H35ClN4O6.C26H38N4O7.C23H34N2O5.C22H29ClN4O6/c1-29(2,3)24(33-25(36)18-11-12-20(31)19(30)14-18)27(38)34-13-7-10-22(34)26(37)32-21-15-23(35)40-28(21)39-16-17-8-5-4-6-9-17;1-25(2,3)20(27-23(34)37-26(4,5)6)22(33)29-14-10-13-18(29)21(32)28-30-15-19(31)36-24(30)35-16-17-11-8-7-9-12-17;1-22(2,3)18(24-21(28)30-23(4,5)6)19(26)25-14-10-13-17(25)20(27)29-15-16-11-8-7-9-12-16;1-22(2,3)18(26-19(31)12-6-7-15(24)14(23)9-12)21(33)27-8-4-5-16(27)20(32)25-13(11-28)10-17(29)30/h4-6,8-9,11-12,14,21-22,24,28H,7,10,13,15-16,31H2,1-3H3,(H,32,37)(H,33,36);7-9,11-12,18,20,24H,10,13-16H2,1-6H3,(H,27,34)(H,28,32);7-9,11-12,17-18H,10,13-15H2,1-6H3,(H,24,28);6-7,9,11,13,16,18H,4-5,8,10,24H2,1-3H3,(H,25,32)(H,26,31)(H,29,30)/t21?,22?,24-,28?;18?,20-,24?;17-,18+;13-,16?,18+/m1100/s1. The quantitative estimate of drug-likeness (QED) is 0.00962. The van der Waals surface area contributed by atoms with Gasteiger partial charge in [-0.05, 0) is 168 Å². The van der Waals surface area contributed by atoms with Crippen LogP contribution < -0.4 is 48.8 Å². The van der Waals surface area contributed by atoms with E-state index in [1.807, 2.05) is 153 Å². The number of benzene rings is 5. The molecule has 764 valence electrons. The third kappa shape index (κ3) is 33.6. The van der Waals surface area contributed by atoms with Gasteiger partial charge in [0, 0.05) is 37.3 Å². The van der Waals surface area contributed by atoms with Gasteiger partial charge < -0.3 is 106 Å². The number of cyclic esters (lactones) is 2. The number of ether oxygens (including phenoxy) is 7. The Balaban J connectivity index is 0.000000230. The number of carbonyl (C=O) groups excluding carboxylic acids is 15. The maximum absolute atomic E-state index is 13.8. The second-order valence-electron chi connectivity index (χ2n) is 41.3. The van der Waals surface area contributed by atoms with Gasteiger partial charge in [-0.25, -0.2) is 14.4 Å². The summed E-state index contributed by atoms with van der Waals surface area (Å²) in [6.45, 7) is 34.3. The van der Waals surface area contributed by atoms with Crippen LogP contribution in [0.5, 0.6) is 0 Å². The van der Waals surface area contributed by atoms with Crippen LogP contribution in [0, 0.1) is 21.7 Å². The third-order valence-corrected chi connectivity index (χ3v) is 23.8. The number of carboxylic acid groups (broad SMARTS) is 1. The number of aliphatic carboxylic acids is 1. The first-order valence-corrected chi connectivity index (χ1v) is 47.4. The number of likely N-dealkylation sites (tertiary alicyclic amines) is 4. The second-order valence-corrected chi connectivity index (χ2v) is 42.1. The van der Waals surface area contributed by atoms with Crippen LogP contribution in [0.4, 0.5) is 21.0 Å². The van der Waals surface area contributed by atoms with Gasteiger partial charge in [-0.3, -0.25) is 63.0 Å². The summed E-state index contributed by atoms with van der Waals surface area (Å²) >= 11 is 12.1. The highest BCUT2D eigenvalue weighted by Gasteiger charge is 2.50. The van der Waals surface area contributed by atoms with Gasteiger partial charge in [0.05, 0.1) is 53.5 Å². The summed E-state index contributed by atoms with van der Waals surface area (Å²) in [4.78, 5) is 209. The number of carbonyl (C=O) groups is 16. The van der Waals surface area contributed by atoms with Crippen molar-refractivity contribution in [3.8, 4) is 0 Å². The molecule has 5 aromatic carbocycles. The first-order chi connectivity index (χ1) is 65.4. The van der Waals surface area contributed by atoms with E-state index >= 15 is 0 Å². The summed E-state index contributed by atoms with van der Waals surface area (Å²) in [5.41, 5.74) is 14.0. The Bertz CT molecular complexity index is 5210. The van der Waals surface area contributed by atoms with Crippen molar-refractivity contribution < 1.29 is 115 Å². The van der Waals surface area contributed by atoms with Crippen LogP contribution >= 0.6 is 23.2 Å². The first kappa shape index (κ1) is 113. The Hall–Kier alpha value is -12.5. The van der Waals surface area contributed by atoms with Gasteiger partial charge in [-0.15, -0.1) is 5.01 Å². The number of aldehydes is 1. The van der Waals surface area contributed by atoms with Crippen molar-refractivity contribution in [2.75, 3.05) is 44.2 Å². The second kappa shape index (κ2) is 49.5. The molecule has 0 aromatic heterocycles. The number of hydrogen-bond acceptors (Lipinski definition) is 26. The van der Waals surface area contributed by atoms with Gasteiger partial charge in [-0.2, -0.15) is 0 Å². The van der Waals surface area contributed by atoms with Crippen molar-refractivity contribution in [3.63, 3.8) is 0 Å². The van der Waals surface area contributed by atoms with Gasteiger partial charge in [-0.1, -0.05) is 197 Å². The van der Waals surface area contributed by atoms with E-state index in [4.69, 9.17) is 72.9 Å². The molecule has 6 aliphatic rings. The summed E-state index contributed by atoms with van der Waals surface area (Å²) in [5, 5.41) is 26.8. The molecule has 6 fully saturated rings. The zero-order valence-electron chi connectivity index (χ0n) is 82.8. The number of nitrogens with one attached hydrogen (secondary N) is 7. The van der Waals surface area contributed by atoms with Crippen LogP contribution in [0.3, 0.4) is 0 Å². The fourth-order valence-corrected chi connectivity index (χ4v) is 16.3. The number of hydrazine groups is 1. The minimum atomic E-state index is -1.23. The Morgan fingerprint density at radius 3 is 1.20 bits per heavy atom. The summed E-state index contributed by atoms with van der Waals surface area (Å²) in [6.07, 6.45) is 0.683. The number of anilines is 2. The molecule has 11 amide bonds. The molecule has 11 rings (SSSR count). The van der Waals surface area contributed by atoms with Crippen LogP contribution in [-0.4, -0.2) is 242 Å². The Morgan fingerprint density at radius 2 is 0.821 bits per heavy atom. The Labute approximate surface area is 826 Å². The normalized spacial score (nSPS) is 19.8. The minimum Gasteiger partial charge on any atom is -0.481 e. The average molecular weight is 1990 g/mol. The molecule has 6 aliphatic heterocycles. The van der Waals surface area contributed by atoms with Crippen molar-refractivity contribution in [2.24, 2.45) is 21.7 Å². The topological polar surface area (TPSA) is 510 Å². The molecule has 6 unspecified atom stereocenters. The van der Waals surface area contributed by atoms with Gasteiger partial charge >= 0.3 is 36.1 Å². The number of rotatable bonds is 28. The highest BCUT2D eigenvalue weighted by Crippen LogP contribution is 2.34. The third-order valence-electron chi connectivity index (χ3n) is 23.1. The number of nitrogens with zero attached hydrogens (tertiary/aromatic N) is 5. The zero-order valence-corrected chi connectivity index (χ0v) is 84.4. The van der Waals surface area contributed by atoms with Crippen LogP contribution in [0.1, 0.15) is 226 Å². The molecule has 0 aliphatic carbocycles. The van der Waals surface area contributed by atoms with Crippen molar-refractivity contribution in [3.05, 3.63) is 165 Å². The zero-order chi connectivity index (χ0) is 104. The fourth-order valence-electron chi connectivity index (χ4n) is 15.9. The molecule has 12 N–H and O–H groups in total. The number of alkyl carbamates (subject to hydrolysis) is 2. The molecule has 6 saturated heterocycles. The predicted molar refractivity (Wildman–Crippen MR) is 517 cm³/mol. The van der Waals surface area contributed by atoms with E-state index in [2.05, 4.69) is 37.3 Å². The number of carboxylic acids is 1. The van der Waals surface area contributed by atoms with Gasteiger partial charge in [0.1, 0.15) is 85.0 Å². The lowest BCUT2D eigenvalue weighted by Gasteiger charge is -2.36. The molecule has 6 heterocycles. The van der Waals surface area contributed by atoms with E-state index in [0.29, 0.717) is 88.7 Å². The average Bonchev–Trinajstić information content (AvgIpc) is 1.60. The van der Waals surface area contributed by atoms with Crippen LogP contribution in [0.15, 0.2) is 127 Å². The summed E-state index contributed by atoms with van der Waals surface area (Å²) in [7, 11) is 0. The van der Waals surface area contributed by atoms with E-state index in [1.165, 1.54) is 61.0 Å². The number of amides is 11. The lowest BCUT2D eigenvalue weighted by molar-refractivity contribution is -0.201. The van der Waals surface area contributed by atoms with Crippen molar-refractivity contribution in [2.45, 2.75) is 293 Å². The molecule has 0 spiro atoms. The maximum Gasteiger partial charge on any atom is 0.408 e. The Kier molecular flexibility index (Phi) is 39.9. The largest absolute Gasteiger partial charge is 0.481 e. The van der Waals surface area contributed by atoms with Crippen LogP contribution in [0.2, 0.25) is 10.0 Å². The van der Waals surface area contributed by atoms with Gasteiger partial charge in [0.15, 0.2) is 0 Å². The van der Waals surface area contributed by atoms with Gasteiger partial charge in [0.2, 0.25) is 41.7 Å². The molecule has 0 bridgehead atoms. The fraction of sp³-hybridized carbons (Fsp3) is 0.540. The Morgan fingerprint density at radius 1 is 0.457 bits per heavy atom. The number of nitrogens with two attached hydrogens (primary N) is 2. The van der Waals surface area contributed by atoms with E-state index in [1.54, 1.807) is 62.3 Å². The maximum atomic E-state index is 13.8. The highest BCUT2D eigenvalue weighted by atomic mass is 35.5. The molecule has 40 heteroatoms. The molecular formula is C100H136Cl2N14O24. The van der Waals surface area contributed by atoms with Crippen molar-refractivity contribution in [1.82, 2.24) is 61.9 Å². The molecule has 12 atom stereocenters. The van der Waals surface area contributed by atoms with E-state index in [9.17, 15) is 76.7 Å². The minimum absolute atomic E-state index is 0.0311. The number of nitrogen functional groups attached to an aromatic ring is 2. The SMILES string of the molecule is CC(C)(C)OC(=O)N[C@H](C(=O)N1CCCC1C(=O)NN1CC(=O)OC1OCc1ccccc1)C(C)(C)C.CC(C)(C)OC(=O)N[C@H](C(=O)N1CCC[C@H]1C(=O)OCc1ccccc1)C(C)(C)C.CC(C)(C)[C@H](NC(=O)c1ccc(N)c(Cl)c1)C(=O)N1CCCC1C(=O)NC1CC(=O)OC1OCc1ccccc1.CC(C)(C)[C@H](NC(=O)c1ccc(N)c(Cl)c1)C(=O)N1CCCC1C(=O)N[C@H](C=O)CC(=O)O. The number of halogens is 2. The summed E-state index contributed by atoms with van der Waals surface area (Å²) in [6, 6.07) is 28.6. The molecule has 0 radical (unpaired) electrons.